The molecule has 0 bridgehead atoms. The molecule has 0 saturated carbocycles. The maximum absolute atomic E-state index is 13.0. The monoisotopic (exact) mass is 429 g/mol. The topological polar surface area (TPSA) is 81.3 Å². The summed E-state index contributed by atoms with van der Waals surface area (Å²) in [4.78, 5) is 25.3. The molecule has 1 amide bonds. The van der Waals surface area contributed by atoms with Crippen molar-refractivity contribution in [2.24, 2.45) is 0 Å². The highest BCUT2D eigenvalue weighted by molar-refractivity contribution is 5.90. The van der Waals surface area contributed by atoms with Crippen LogP contribution in [0.5, 0.6) is 0 Å². The number of carbonyl (C=O) groups excluding carboxylic acids is 1. The highest BCUT2D eigenvalue weighted by Crippen LogP contribution is 2.15. The minimum absolute atomic E-state index is 0.0407. The summed E-state index contributed by atoms with van der Waals surface area (Å²) in [5.74, 6) is 0.630. The van der Waals surface area contributed by atoms with Gasteiger partial charge in [0.05, 0.1) is 0 Å². The molecule has 2 aromatic carbocycles. The normalized spacial score (nSPS) is 11.1. The molecule has 0 unspecified atom stereocenters. The number of aryl methyl sites for hydroxylation is 5. The summed E-state index contributed by atoms with van der Waals surface area (Å²) in [7, 11) is 0. The summed E-state index contributed by atoms with van der Waals surface area (Å²) in [6, 6.07) is 12.0. The highest BCUT2D eigenvalue weighted by atomic mass is 16.1. The average molecular weight is 430 g/mol. The number of hydrogen-bond acceptors (Lipinski definition) is 4. The number of rotatable bonds is 6. The van der Waals surface area contributed by atoms with Crippen LogP contribution in [-0.4, -0.2) is 25.1 Å². The third-order valence-corrected chi connectivity index (χ3v) is 5.34. The Bertz CT molecular complexity index is 1330. The lowest BCUT2D eigenvalue weighted by molar-refractivity contribution is -0.116. The third-order valence-electron chi connectivity index (χ3n) is 5.34. The Morgan fingerprint density at radius 3 is 2.16 bits per heavy atom. The Balaban J connectivity index is 1.46. The summed E-state index contributed by atoms with van der Waals surface area (Å²) in [6.45, 7) is 8.03. The van der Waals surface area contributed by atoms with Gasteiger partial charge < -0.3 is 5.32 Å². The minimum atomic E-state index is -0.219. The van der Waals surface area contributed by atoms with E-state index in [1.807, 2.05) is 52.0 Å². The molecule has 4 aromatic rings. The highest BCUT2D eigenvalue weighted by Gasteiger charge is 2.13. The number of nitrogens with one attached hydrogen (secondary N) is 1. The fourth-order valence-electron chi connectivity index (χ4n) is 4.08. The van der Waals surface area contributed by atoms with Crippen molar-refractivity contribution in [1.29, 1.82) is 0 Å². The zero-order valence-corrected chi connectivity index (χ0v) is 18.8. The first-order chi connectivity index (χ1) is 15.3. The fraction of sp³-hybridized carbons (Fsp3) is 0.280. The van der Waals surface area contributed by atoms with Crippen molar-refractivity contribution in [3.8, 4) is 5.69 Å². The maximum Gasteiger partial charge on any atom is 0.300 e. The Hall–Kier alpha value is -3.74. The van der Waals surface area contributed by atoms with Crippen molar-refractivity contribution in [1.82, 2.24) is 19.2 Å². The fourth-order valence-corrected chi connectivity index (χ4v) is 4.08. The number of fused-ring (bicyclic) bond motifs is 1. The van der Waals surface area contributed by atoms with Crippen LogP contribution in [0.4, 0.5) is 5.69 Å². The summed E-state index contributed by atoms with van der Waals surface area (Å²) < 4.78 is 3.30. The van der Waals surface area contributed by atoms with E-state index in [4.69, 9.17) is 0 Å². The standard InChI is InChI=1S/C25H27N5O2/c1-16-10-17(2)13-20(12-16)26-23(31)7-5-6-22-27-28-24-25(32)29(8-9-30(22)24)21-14-18(3)11-19(4)15-21/h8-15H,5-7H2,1-4H3,(H,26,31). The molecule has 0 fully saturated rings. The van der Waals surface area contributed by atoms with E-state index in [0.717, 1.165) is 33.6 Å². The predicted molar refractivity (Wildman–Crippen MR) is 126 cm³/mol. The smallest absolute Gasteiger partial charge is 0.300 e. The van der Waals surface area contributed by atoms with Crippen LogP contribution in [-0.2, 0) is 11.2 Å². The number of aromatic nitrogens is 4. The van der Waals surface area contributed by atoms with Crippen molar-refractivity contribution >= 4 is 17.2 Å². The van der Waals surface area contributed by atoms with E-state index in [1.54, 1.807) is 21.4 Å². The summed E-state index contributed by atoms with van der Waals surface area (Å²) in [6.07, 6.45) is 5.07. The quantitative estimate of drug-likeness (QED) is 0.501. The van der Waals surface area contributed by atoms with E-state index in [2.05, 4.69) is 27.6 Å². The summed E-state index contributed by atoms with van der Waals surface area (Å²) >= 11 is 0. The van der Waals surface area contributed by atoms with Crippen molar-refractivity contribution in [2.45, 2.75) is 47.0 Å². The second-order valence-corrected chi connectivity index (χ2v) is 8.41. The first-order valence-electron chi connectivity index (χ1n) is 10.7. The molecule has 2 heterocycles. The molecule has 32 heavy (non-hydrogen) atoms. The molecular weight excluding hydrogens is 402 g/mol. The number of nitrogens with zero attached hydrogens (tertiary/aromatic N) is 4. The first-order valence-corrected chi connectivity index (χ1v) is 10.7. The Morgan fingerprint density at radius 2 is 1.50 bits per heavy atom. The predicted octanol–water partition coefficient (Wildman–Crippen LogP) is 4.08. The van der Waals surface area contributed by atoms with Crippen molar-refractivity contribution in [3.63, 3.8) is 0 Å². The van der Waals surface area contributed by atoms with E-state index >= 15 is 0 Å². The Kier molecular flexibility index (Phi) is 5.90. The van der Waals surface area contributed by atoms with E-state index < -0.39 is 0 Å². The molecular formula is C25H27N5O2. The molecule has 0 saturated heterocycles. The molecule has 0 aliphatic rings. The zero-order chi connectivity index (χ0) is 22.8. The average Bonchev–Trinajstić information content (AvgIpc) is 3.10. The van der Waals surface area contributed by atoms with Crippen LogP contribution in [0.15, 0.2) is 53.6 Å². The summed E-state index contributed by atoms with van der Waals surface area (Å²) in [5.41, 5.74) is 6.09. The van der Waals surface area contributed by atoms with Gasteiger partial charge in [-0.15, -0.1) is 10.2 Å². The molecule has 4 rings (SSSR count). The van der Waals surface area contributed by atoms with Gasteiger partial charge in [-0.1, -0.05) is 12.1 Å². The van der Waals surface area contributed by atoms with Gasteiger partial charge in [-0.2, -0.15) is 0 Å². The molecule has 164 valence electrons. The molecule has 0 spiro atoms. The van der Waals surface area contributed by atoms with Gasteiger partial charge in [-0.25, -0.2) is 0 Å². The van der Waals surface area contributed by atoms with Crippen LogP contribution >= 0.6 is 0 Å². The largest absolute Gasteiger partial charge is 0.326 e. The molecule has 0 aliphatic carbocycles. The van der Waals surface area contributed by atoms with Gasteiger partial charge in [0.25, 0.3) is 0 Å². The van der Waals surface area contributed by atoms with Gasteiger partial charge in [0.1, 0.15) is 5.82 Å². The van der Waals surface area contributed by atoms with Crippen molar-refractivity contribution in [2.75, 3.05) is 5.32 Å². The minimum Gasteiger partial charge on any atom is -0.326 e. The number of carbonyl (C=O) groups is 1. The van der Waals surface area contributed by atoms with Gasteiger partial charge in [0.2, 0.25) is 11.6 Å². The van der Waals surface area contributed by atoms with Gasteiger partial charge in [-0.05, 0) is 80.6 Å². The van der Waals surface area contributed by atoms with Crippen LogP contribution in [0.2, 0.25) is 0 Å². The third kappa shape index (κ3) is 4.61. The number of hydrogen-bond donors (Lipinski definition) is 1. The zero-order valence-electron chi connectivity index (χ0n) is 18.8. The van der Waals surface area contributed by atoms with Crippen molar-refractivity contribution < 1.29 is 4.79 Å². The van der Waals surface area contributed by atoms with E-state index in [9.17, 15) is 9.59 Å². The summed E-state index contributed by atoms with van der Waals surface area (Å²) in [5, 5.41) is 11.3. The first kappa shape index (κ1) is 21.5. The van der Waals surface area contributed by atoms with E-state index in [0.29, 0.717) is 25.1 Å². The van der Waals surface area contributed by atoms with Crippen LogP contribution in [0, 0.1) is 27.7 Å². The maximum atomic E-state index is 13.0. The second-order valence-electron chi connectivity index (χ2n) is 8.41. The molecule has 7 nitrogen and oxygen atoms in total. The van der Waals surface area contributed by atoms with Gasteiger partial charge in [0.15, 0.2) is 0 Å². The van der Waals surface area contributed by atoms with E-state index in [1.165, 1.54) is 0 Å². The molecule has 0 aliphatic heterocycles. The van der Waals surface area contributed by atoms with Crippen LogP contribution in [0.3, 0.4) is 0 Å². The number of anilines is 1. The van der Waals surface area contributed by atoms with Crippen LogP contribution in [0.25, 0.3) is 11.3 Å². The number of amides is 1. The van der Waals surface area contributed by atoms with Crippen molar-refractivity contribution in [3.05, 3.63) is 87.2 Å². The lowest BCUT2D eigenvalue weighted by atomic mass is 10.1. The van der Waals surface area contributed by atoms with Gasteiger partial charge in [0, 0.05) is 36.6 Å². The van der Waals surface area contributed by atoms with Gasteiger partial charge in [-0.3, -0.25) is 18.6 Å². The second kappa shape index (κ2) is 8.78. The lowest BCUT2D eigenvalue weighted by Crippen LogP contribution is -2.20. The number of benzene rings is 2. The van der Waals surface area contributed by atoms with E-state index in [-0.39, 0.29) is 17.1 Å². The van der Waals surface area contributed by atoms with Crippen LogP contribution < -0.4 is 10.9 Å². The SMILES string of the molecule is Cc1cc(C)cc(NC(=O)CCCc2nnc3c(=O)n(-c4cc(C)cc(C)c4)ccn23)c1. The molecule has 7 heteroatoms. The van der Waals surface area contributed by atoms with Crippen LogP contribution in [0.1, 0.15) is 40.9 Å². The molecule has 2 aromatic heterocycles. The van der Waals surface area contributed by atoms with Gasteiger partial charge >= 0.3 is 5.56 Å². The molecule has 0 atom stereocenters. The molecule has 0 radical (unpaired) electrons. The lowest BCUT2D eigenvalue weighted by Gasteiger charge is -2.09. The Labute approximate surface area is 186 Å². The molecule has 1 N–H and O–H groups in total. The Morgan fingerprint density at radius 1 is 0.875 bits per heavy atom.